The van der Waals surface area contributed by atoms with E-state index in [-0.39, 0.29) is 0 Å². The fourth-order valence-corrected chi connectivity index (χ4v) is 4.68. The first-order valence-electron chi connectivity index (χ1n) is 3.01. The largest absolute Gasteiger partial charge is 0.141 e. The minimum atomic E-state index is 1.20. The zero-order chi connectivity index (χ0) is 8.01. The van der Waals surface area contributed by atoms with Crippen molar-refractivity contribution in [1.82, 2.24) is 0 Å². The van der Waals surface area contributed by atoms with Gasteiger partial charge in [-0.25, -0.2) is 0 Å². The second-order valence-electron chi connectivity index (χ2n) is 2.27. The minimum Gasteiger partial charge on any atom is -0.141 e. The van der Waals surface area contributed by atoms with Crippen LogP contribution in [0.2, 0.25) is 0 Å². The number of fused-ring (bicyclic) bond motifs is 1. The maximum atomic E-state index is 3.54. The van der Waals surface area contributed by atoms with Crippen LogP contribution in [0.5, 0.6) is 0 Å². The minimum absolute atomic E-state index is 1.20. The molecular formula is C7H4Br2S2. The fraction of sp³-hybridized carbons (Fsp3) is 0.143. The maximum Gasteiger partial charge on any atom is 0.0861 e. The van der Waals surface area contributed by atoms with Crippen molar-refractivity contribution in [2.75, 3.05) is 0 Å². The van der Waals surface area contributed by atoms with Crippen LogP contribution in [0.3, 0.4) is 0 Å². The molecule has 2 aromatic heterocycles. The average molecular weight is 312 g/mol. The smallest absolute Gasteiger partial charge is 0.0861 e. The lowest BCUT2D eigenvalue weighted by atomic mass is 10.4. The molecule has 0 saturated carbocycles. The Morgan fingerprint density at radius 1 is 1.27 bits per heavy atom. The van der Waals surface area contributed by atoms with Crippen LogP contribution < -0.4 is 0 Å². The Morgan fingerprint density at radius 3 is 2.64 bits per heavy atom. The normalized spacial score (nSPS) is 11.2. The summed E-state index contributed by atoms with van der Waals surface area (Å²) in [6.45, 7) is 2.15. The monoisotopic (exact) mass is 310 g/mol. The van der Waals surface area contributed by atoms with E-state index in [2.05, 4.69) is 44.2 Å². The van der Waals surface area contributed by atoms with Gasteiger partial charge in [-0.3, -0.25) is 0 Å². The van der Waals surface area contributed by atoms with Gasteiger partial charge in [0.15, 0.2) is 0 Å². The molecule has 0 N–H and O–H groups in total. The first kappa shape index (κ1) is 8.23. The third-order valence-electron chi connectivity index (χ3n) is 1.48. The number of aryl methyl sites for hydroxylation is 1. The molecule has 2 rings (SSSR count). The summed E-state index contributed by atoms with van der Waals surface area (Å²) in [4.78, 5) is 0. The molecule has 0 radical (unpaired) electrons. The van der Waals surface area contributed by atoms with Crippen LogP contribution in [0.4, 0.5) is 0 Å². The van der Waals surface area contributed by atoms with Crippen molar-refractivity contribution in [1.29, 1.82) is 0 Å². The van der Waals surface area contributed by atoms with Gasteiger partial charge in [0, 0.05) is 0 Å². The molecule has 2 heterocycles. The van der Waals surface area contributed by atoms with E-state index in [9.17, 15) is 0 Å². The van der Waals surface area contributed by atoms with E-state index in [0.717, 1.165) is 0 Å². The molecule has 0 aliphatic carbocycles. The van der Waals surface area contributed by atoms with E-state index in [1.165, 1.54) is 23.2 Å². The van der Waals surface area contributed by atoms with E-state index in [0.29, 0.717) is 0 Å². The quantitative estimate of drug-likeness (QED) is 0.656. The van der Waals surface area contributed by atoms with Crippen LogP contribution in [0.1, 0.15) is 5.56 Å². The molecule has 11 heavy (non-hydrogen) atoms. The molecule has 0 unspecified atom stereocenters. The molecule has 0 bridgehead atoms. The molecule has 0 aliphatic rings. The number of rotatable bonds is 0. The molecule has 0 fully saturated rings. The maximum absolute atomic E-state index is 3.54. The zero-order valence-electron chi connectivity index (χ0n) is 5.65. The lowest BCUT2D eigenvalue weighted by Gasteiger charge is -1.79. The van der Waals surface area contributed by atoms with Gasteiger partial charge >= 0.3 is 0 Å². The Morgan fingerprint density at radius 2 is 2.00 bits per heavy atom. The molecule has 4 heteroatoms. The highest BCUT2D eigenvalue weighted by molar-refractivity contribution is 9.13. The summed E-state index contributed by atoms with van der Waals surface area (Å²) in [5.74, 6) is 0. The summed E-state index contributed by atoms with van der Waals surface area (Å²) in [6.07, 6.45) is 0. The van der Waals surface area contributed by atoms with Crippen LogP contribution in [-0.2, 0) is 0 Å². The molecule has 2 aromatic rings. The standard InChI is InChI=1S/C7H4Br2S2/c1-3-2-10-6-4(8)7(9)11-5(3)6/h2H,1H3. The molecule has 0 amide bonds. The molecule has 0 aliphatic heterocycles. The third kappa shape index (κ3) is 1.20. The first-order chi connectivity index (χ1) is 5.20. The van der Waals surface area contributed by atoms with Gasteiger partial charge in [0.1, 0.15) is 0 Å². The average Bonchev–Trinajstić information content (AvgIpc) is 2.43. The Kier molecular flexibility index (Phi) is 2.12. The van der Waals surface area contributed by atoms with Crippen LogP contribution in [-0.4, -0.2) is 0 Å². The predicted octanol–water partition coefficient (Wildman–Crippen LogP) is 4.80. The van der Waals surface area contributed by atoms with Gasteiger partial charge in [-0.15, -0.1) is 22.7 Å². The Bertz CT molecular complexity index is 400. The highest BCUT2D eigenvalue weighted by Crippen LogP contribution is 2.43. The molecule has 0 spiro atoms. The lowest BCUT2D eigenvalue weighted by Crippen LogP contribution is -1.53. The van der Waals surface area contributed by atoms with Crippen molar-refractivity contribution < 1.29 is 0 Å². The van der Waals surface area contributed by atoms with Gasteiger partial charge in [-0.05, 0) is 49.7 Å². The molecule has 0 nitrogen and oxygen atoms in total. The Labute approximate surface area is 89.5 Å². The van der Waals surface area contributed by atoms with Gasteiger partial charge in [0.2, 0.25) is 0 Å². The van der Waals surface area contributed by atoms with Crippen molar-refractivity contribution in [2.45, 2.75) is 6.92 Å². The number of halogens is 2. The van der Waals surface area contributed by atoms with E-state index in [1.54, 1.807) is 22.7 Å². The number of thiophene rings is 2. The van der Waals surface area contributed by atoms with Crippen molar-refractivity contribution in [3.63, 3.8) is 0 Å². The van der Waals surface area contributed by atoms with Crippen molar-refractivity contribution >= 4 is 63.9 Å². The fourth-order valence-electron chi connectivity index (χ4n) is 0.935. The van der Waals surface area contributed by atoms with Gasteiger partial charge in [-0.1, -0.05) is 0 Å². The van der Waals surface area contributed by atoms with Crippen LogP contribution in [0, 0.1) is 6.92 Å². The lowest BCUT2D eigenvalue weighted by molar-refractivity contribution is 1.62. The summed E-state index contributed by atoms with van der Waals surface area (Å²) in [5.41, 5.74) is 1.38. The topological polar surface area (TPSA) is 0 Å². The molecule has 0 aromatic carbocycles. The Hall–Kier alpha value is 0.620. The van der Waals surface area contributed by atoms with Crippen molar-refractivity contribution in [3.8, 4) is 0 Å². The summed E-state index contributed by atoms with van der Waals surface area (Å²) in [7, 11) is 0. The predicted molar refractivity (Wildman–Crippen MR) is 59.8 cm³/mol. The first-order valence-corrected chi connectivity index (χ1v) is 6.30. The molecule has 0 atom stereocenters. The summed E-state index contributed by atoms with van der Waals surface area (Å²) in [6, 6.07) is 0. The van der Waals surface area contributed by atoms with E-state index < -0.39 is 0 Å². The van der Waals surface area contributed by atoms with E-state index >= 15 is 0 Å². The van der Waals surface area contributed by atoms with Crippen LogP contribution in [0.25, 0.3) is 9.40 Å². The van der Waals surface area contributed by atoms with Crippen LogP contribution >= 0.6 is 54.5 Å². The third-order valence-corrected chi connectivity index (χ3v) is 6.57. The van der Waals surface area contributed by atoms with Gasteiger partial charge in [-0.2, -0.15) is 0 Å². The van der Waals surface area contributed by atoms with E-state index in [4.69, 9.17) is 0 Å². The Balaban J connectivity index is 2.93. The second-order valence-corrected chi connectivity index (χ2v) is 6.28. The zero-order valence-corrected chi connectivity index (χ0v) is 10.5. The molecule has 58 valence electrons. The summed E-state index contributed by atoms with van der Waals surface area (Å²) in [5, 5.41) is 2.19. The second kappa shape index (κ2) is 2.83. The van der Waals surface area contributed by atoms with Gasteiger partial charge in [0.05, 0.1) is 17.7 Å². The van der Waals surface area contributed by atoms with E-state index in [1.807, 2.05) is 0 Å². The highest BCUT2D eigenvalue weighted by atomic mass is 79.9. The molecule has 0 saturated heterocycles. The highest BCUT2D eigenvalue weighted by Gasteiger charge is 2.10. The summed E-state index contributed by atoms with van der Waals surface area (Å²) < 4.78 is 5.16. The number of hydrogen-bond acceptors (Lipinski definition) is 2. The SMILES string of the molecule is Cc1csc2c(Br)c(Br)sc12. The summed E-state index contributed by atoms with van der Waals surface area (Å²) >= 11 is 10.6. The van der Waals surface area contributed by atoms with Crippen molar-refractivity contribution in [2.24, 2.45) is 0 Å². The van der Waals surface area contributed by atoms with Crippen LogP contribution in [0.15, 0.2) is 13.6 Å². The van der Waals surface area contributed by atoms with Crippen molar-refractivity contribution in [3.05, 3.63) is 19.2 Å². The van der Waals surface area contributed by atoms with Gasteiger partial charge in [0.25, 0.3) is 0 Å². The van der Waals surface area contributed by atoms with Gasteiger partial charge < -0.3 is 0 Å². The molecular weight excluding hydrogens is 308 g/mol. The number of hydrogen-bond donors (Lipinski definition) is 0.